The molecule has 0 unspecified atom stereocenters. The van der Waals surface area contributed by atoms with E-state index in [9.17, 15) is 10.1 Å². The second-order valence-corrected chi connectivity index (χ2v) is 6.69. The minimum Gasteiger partial charge on any atom is -0.462 e. The number of hydrogen-bond donors (Lipinski definition) is 1. The van der Waals surface area contributed by atoms with E-state index in [1.807, 2.05) is 14.0 Å². The smallest absolute Gasteiger partial charge is 0.348 e. The number of hydrogen-bond acceptors (Lipinski definition) is 6. The quantitative estimate of drug-likeness (QED) is 0.814. The molecule has 126 valence electrons. The number of esters is 1. The molecule has 24 heavy (non-hydrogen) atoms. The van der Waals surface area contributed by atoms with Crippen molar-refractivity contribution < 1.29 is 9.53 Å². The minimum atomic E-state index is -0.422. The summed E-state index contributed by atoms with van der Waals surface area (Å²) in [5.74, 6) is -0.422. The highest BCUT2D eigenvalue weighted by Crippen LogP contribution is 2.32. The fourth-order valence-corrected chi connectivity index (χ4v) is 3.37. The molecule has 0 aliphatic rings. The summed E-state index contributed by atoms with van der Waals surface area (Å²) in [5.41, 5.74) is 9.30. The van der Waals surface area contributed by atoms with E-state index in [0.29, 0.717) is 34.1 Å². The third-order valence-corrected chi connectivity index (χ3v) is 4.65. The molecule has 0 saturated heterocycles. The van der Waals surface area contributed by atoms with Crippen LogP contribution >= 0.6 is 11.3 Å². The first-order valence-corrected chi connectivity index (χ1v) is 8.50. The van der Waals surface area contributed by atoms with E-state index >= 15 is 0 Å². The molecule has 0 aliphatic heterocycles. The largest absolute Gasteiger partial charge is 0.462 e. The molecule has 1 aromatic heterocycles. The topological polar surface area (TPSA) is 79.3 Å². The number of ether oxygens (including phenoxy) is 1. The average Bonchev–Trinajstić information content (AvgIpc) is 2.85. The van der Waals surface area contributed by atoms with Gasteiger partial charge in [0.1, 0.15) is 15.9 Å². The zero-order valence-electron chi connectivity index (χ0n) is 14.1. The third-order valence-electron chi connectivity index (χ3n) is 3.61. The highest BCUT2D eigenvalue weighted by Gasteiger charge is 2.23. The van der Waals surface area contributed by atoms with Crippen molar-refractivity contribution in [3.05, 3.63) is 51.4 Å². The van der Waals surface area contributed by atoms with Crippen molar-refractivity contribution in [2.45, 2.75) is 26.9 Å². The van der Waals surface area contributed by atoms with Crippen molar-refractivity contribution in [2.75, 3.05) is 19.4 Å². The Morgan fingerprint density at radius 3 is 2.58 bits per heavy atom. The molecule has 0 amide bonds. The van der Waals surface area contributed by atoms with Gasteiger partial charge in [-0.1, -0.05) is 29.8 Å². The second kappa shape index (κ2) is 7.95. The van der Waals surface area contributed by atoms with E-state index in [1.54, 1.807) is 6.92 Å². The zero-order valence-corrected chi connectivity index (χ0v) is 14.9. The Labute approximate surface area is 146 Å². The molecule has 0 bridgehead atoms. The van der Waals surface area contributed by atoms with Crippen molar-refractivity contribution in [1.82, 2.24) is 4.90 Å². The van der Waals surface area contributed by atoms with E-state index in [1.165, 1.54) is 11.1 Å². The number of aryl methyl sites for hydroxylation is 1. The van der Waals surface area contributed by atoms with Crippen LogP contribution in [0, 0.1) is 18.3 Å². The fraction of sp³-hybridized carbons (Fsp3) is 0.333. The van der Waals surface area contributed by atoms with Crippen LogP contribution in [0.5, 0.6) is 0 Å². The first-order chi connectivity index (χ1) is 11.5. The SMILES string of the molecule is CCOC(=O)c1sc(N)c(C#N)c1CN(C)Cc1ccc(C)cc1. The van der Waals surface area contributed by atoms with Crippen LogP contribution in [-0.4, -0.2) is 24.5 Å². The summed E-state index contributed by atoms with van der Waals surface area (Å²) in [6, 6.07) is 10.4. The summed E-state index contributed by atoms with van der Waals surface area (Å²) < 4.78 is 5.08. The van der Waals surface area contributed by atoms with Crippen molar-refractivity contribution in [3.63, 3.8) is 0 Å². The Balaban J connectivity index is 2.22. The highest BCUT2D eigenvalue weighted by molar-refractivity contribution is 7.18. The lowest BCUT2D eigenvalue weighted by atomic mass is 10.1. The molecule has 5 nitrogen and oxygen atoms in total. The number of nitriles is 1. The fourth-order valence-electron chi connectivity index (χ4n) is 2.45. The standard InChI is InChI=1S/C18H21N3O2S/c1-4-23-18(22)16-15(14(9-19)17(20)24-16)11-21(3)10-13-7-5-12(2)6-8-13/h5-8H,4,10-11,20H2,1-3H3. The average molecular weight is 343 g/mol. The number of nitrogens with two attached hydrogens (primary N) is 1. The lowest BCUT2D eigenvalue weighted by Gasteiger charge is -2.17. The lowest BCUT2D eigenvalue weighted by Crippen LogP contribution is -2.19. The van der Waals surface area contributed by atoms with Crippen LogP contribution < -0.4 is 5.73 Å². The van der Waals surface area contributed by atoms with Crippen LogP contribution in [0.2, 0.25) is 0 Å². The van der Waals surface area contributed by atoms with Crippen molar-refractivity contribution in [1.29, 1.82) is 5.26 Å². The normalized spacial score (nSPS) is 10.6. The van der Waals surface area contributed by atoms with Gasteiger partial charge in [0.2, 0.25) is 0 Å². The summed E-state index contributed by atoms with van der Waals surface area (Å²) in [7, 11) is 1.95. The Morgan fingerprint density at radius 2 is 2.00 bits per heavy atom. The summed E-state index contributed by atoms with van der Waals surface area (Å²) in [6.45, 7) is 5.26. The number of carbonyl (C=O) groups excluding carboxylic acids is 1. The maximum absolute atomic E-state index is 12.1. The lowest BCUT2D eigenvalue weighted by molar-refractivity contribution is 0.0530. The van der Waals surface area contributed by atoms with E-state index < -0.39 is 5.97 Å². The zero-order chi connectivity index (χ0) is 17.7. The number of benzene rings is 1. The van der Waals surface area contributed by atoms with Gasteiger partial charge in [-0.05, 0) is 26.5 Å². The monoisotopic (exact) mass is 343 g/mol. The Morgan fingerprint density at radius 1 is 1.33 bits per heavy atom. The van der Waals surface area contributed by atoms with Gasteiger partial charge in [-0.15, -0.1) is 11.3 Å². The molecule has 0 saturated carbocycles. The molecule has 1 heterocycles. The first kappa shape index (κ1) is 18.0. The predicted molar refractivity (Wildman–Crippen MR) is 95.8 cm³/mol. The number of nitrogens with zero attached hydrogens (tertiary/aromatic N) is 2. The van der Waals surface area contributed by atoms with Gasteiger partial charge >= 0.3 is 5.97 Å². The van der Waals surface area contributed by atoms with Gasteiger partial charge in [0.25, 0.3) is 0 Å². The highest BCUT2D eigenvalue weighted by atomic mass is 32.1. The number of carbonyl (C=O) groups is 1. The first-order valence-electron chi connectivity index (χ1n) is 7.68. The van der Waals surface area contributed by atoms with E-state index in [-0.39, 0.29) is 6.61 Å². The number of thiophene rings is 1. The molecule has 0 fully saturated rings. The molecule has 0 atom stereocenters. The van der Waals surface area contributed by atoms with Crippen LogP contribution in [0.4, 0.5) is 5.00 Å². The van der Waals surface area contributed by atoms with E-state index in [4.69, 9.17) is 10.5 Å². The Kier molecular flexibility index (Phi) is 5.96. The van der Waals surface area contributed by atoms with Crippen molar-refractivity contribution >= 4 is 22.3 Å². The molecular weight excluding hydrogens is 322 g/mol. The van der Waals surface area contributed by atoms with Crippen LogP contribution in [0.3, 0.4) is 0 Å². The van der Waals surface area contributed by atoms with Gasteiger partial charge in [0, 0.05) is 18.7 Å². The van der Waals surface area contributed by atoms with Gasteiger partial charge in [-0.2, -0.15) is 5.26 Å². The van der Waals surface area contributed by atoms with Crippen LogP contribution in [-0.2, 0) is 17.8 Å². The number of rotatable bonds is 6. The summed E-state index contributed by atoms with van der Waals surface area (Å²) in [5, 5.41) is 9.72. The molecule has 2 N–H and O–H groups in total. The van der Waals surface area contributed by atoms with Gasteiger partial charge in [-0.3, -0.25) is 4.90 Å². The Hall–Kier alpha value is -2.36. The molecular formula is C18H21N3O2S. The molecule has 1 aromatic carbocycles. The maximum atomic E-state index is 12.1. The maximum Gasteiger partial charge on any atom is 0.348 e. The summed E-state index contributed by atoms with van der Waals surface area (Å²) >= 11 is 1.12. The molecule has 0 aliphatic carbocycles. The van der Waals surface area contributed by atoms with Gasteiger partial charge in [0.15, 0.2) is 0 Å². The molecule has 2 rings (SSSR count). The number of anilines is 1. The molecule has 0 spiro atoms. The third kappa shape index (κ3) is 4.13. The minimum absolute atomic E-state index is 0.289. The molecule has 2 aromatic rings. The van der Waals surface area contributed by atoms with Crippen LogP contribution in [0.25, 0.3) is 0 Å². The van der Waals surface area contributed by atoms with Gasteiger partial charge < -0.3 is 10.5 Å². The van der Waals surface area contributed by atoms with E-state index in [0.717, 1.165) is 11.3 Å². The predicted octanol–water partition coefficient (Wildman–Crippen LogP) is 3.32. The van der Waals surface area contributed by atoms with E-state index in [2.05, 4.69) is 35.2 Å². The number of nitrogen functional groups attached to an aromatic ring is 1. The van der Waals surface area contributed by atoms with Gasteiger partial charge in [-0.25, -0.2) is 4.79 Å². The molecule has 6 heteroatoms. The van der Waals surface area contributed by atoms with Crippen molar-refractivity contribution in [3.8, 4) is 6.07 Å². The van der Waals surface area contributed by atoms with Crippen molar-refractivity contribution in [2.24, 2.45) is 0 Å². The summed E-state index contributed by atoms with van der Waals surface area (Å²) in [6.07, 6.45) is 0. The Bertz CT molecular complexity index is 760. The van der Waals surface area contributed by atoms with Gasteiger partial charge in [0.05, 0.1) is 12.2 Å². The molecule has 0 radical (unpaired) electrons. The van der Waals surface area contributed by atoms with Crippen LogP contribution in [0.1, 0.15) is 38.8 Å². The second-order valence-electron chi connectivity index (χ2n) is 5.64. The summed E-state index contributed by atoms with van der Waals surface area (Å²) in [4.78, 5) is 14.6. The van der Waals surface area contributed by atoms with Crippen LogP contribution in [0.15, 0.2) is 24.3 Å².